The lowest BCUT2D eigenvalue weighted by molar-refractivity contribution is 0.619. The van der Waals surface area contributed by atoms with Gasteiger partial charge in [-0.2, -0.15) is 0 Å². The van der Waals surface area contributed by atoms with Crippen LogP contribution in [0.15, 0.2) is 35.1 Å². The zero-order chi connectivity index (χ0) is 13.1. The van der Waals surface area contributed by atoms with Gasteiger partial charge in [0.2, 0.25) is 0 Å². The van der Waals surface area contributed by atoms with Gasteiger partial charge in [0, 0.05) is 18.4 Å². The topological polar surface area (TPSA) is 24.9 Å². The van der Waals surface area contributed by atoms with Crippen molar-refractivity contribution in [1.82, 2.24) is 4.98 Å². The van der Waals surface area contributed by atoms with Gasteiger partial charge in [-0.05, 0) is 52.2 Å². The van der Waals surface area contributed by atoms with Crippen LogP contribution in [-0.2, 0) is 6.54 Å². The lowest BCUT2D eigenvalue weighted by Gasteiger charge is -2.10. The van der Waals surface area contributed by atoms with E-state index < -0.39 is 0 Å². The number of pyridine rings is 1. The van der Waals surface area contributed by atoms with Crippen molar-refractivity contribution < 1.29 is 8.78 Å². The van der Waals surface area contributed by atoms with E-state index in [0.717, 1.165) is 23.0 Å². The molecule has 0 radical (unpaired) electrons. The second-order valence-electron chi connectivity index (χ2n) is 3.95. The van der Waals surface area contributed by atoms with E-state index >= 15 is 0 Å². The van der Waals surface area contributed by atoms with E-state index in [-0.39, 0.29) is 11.6 Å². The maximum Gasteiger partial charge on any atom is 0.141 e. The summed E-state index contributed by atoms with van der Waals surface area (Å²) in [6.45, 7) is 2.24. The summed E-state index contributed by atoms with van der Waals surface area (Å²) in [4.78, 5) is 3.77. The van der Waals surface area contributed by atoms with Gasteiger partial charge in [0.25, 0.3) is 0 Å². The minimum Gasteiger partial charge on any atom is -0.381 e. The molecule has 18 heavy (non-hydrogen) atoms. The quantitative estimate of drug-likeness (QED) is 0.925. The summed E-state index contributed by atoms with van der Waals surface area (Å²) in [5, 5.41) is 3.12. The molecule has 2 nitrogen and oxygen atoms in total. The Morgan fingerprint density at radius 1 is 1.22 bits per heavy atom. The average molecular weight is 313 g/mol. The number of anilines is 1. The SMILES string of the molecule is Cc1cc(F)c(Br)cc1NCc1cncc(F)c1. The Labute approximate surface area is 112 Å². The van der Waals surface area contributed by atoms with E-state index in [1.165, 1.54) is 12.1 Å². The van der Waals surface area contributed by atoms with E-state index in [1.54, 1.807) is 12.3 Å². The summed E-state index contributed by atoms with van der Waals surface area (Å²) in [6, 6.07) is 4.52. The summed E-state index contributed by atoms with van der Waals surface area (Å²) < 4.78 is 26.6. The Hall–Kier alpha value is -1.49. The van der Waals surface area contributed by atoms with Crippen LogP contribution in [0.1, 0.15) is 11.1 Å². The van der Waals surface area contributed by atoms with Crippen LogP contribution in [0, 0.1) is 18.6 Å². The molecular weight excluding hydrogens is 302 g/mol. The van der Waals surface area contributed by atoms with Gasteiger partial charge in [0.1, 0.15) is 11.6 Å². The van der Waals surface area contributed by atoms with Crippen LogP contribution in [0.2, 0.25) is 0 Å². The Bertz CT molecular complexity index is 573. The number of hydrogen-bond donors (Lipinski definition) is 1. The molecule has 0 saturated heterocycles. The molecule has 94 valence electrons. The molecule has 0 aliphatic carbocycles. The molecule has 0 spiro atoms. The Morgan fingerprint density at radius 3 is 2.72 bits per heavy atom. The second-order valence-corrected chi connectivity index (χ2v) is 4.80. The normalized spacial score (nSPS) is 10.4. The van der Waals surface area contributed by atoms with E-state index in [4.69, 9.17) is 0 Å². The summed E-state index contributed by atoms with van der Waals surface area (Å²) in [7, 11) is 0. The van der Waals surface area contributed by atoms with Crippen LogP contribution in [-0.4, -0.2) is 4.98 Å². The van der Waals surface area contributed by atoms with Gasteiger partial charge in [-0.1, -0.05) is 0 Å². The molecule has 0 atom stereocenters. The average Bonchev–Trinajstić information content (AvgIpc) is 2.32. The lowest BCUT2D eigenvalue weighted by atomic mass is 10.2. The van der Waals surface area contributed by atoms with Crippen molar-refractivity contribution in [2.45, 2.75) is 13.5 Å². The van der Waals surface area contributed by atoms with Gasteiger partial charge < -0.3 is 5.32 Å². The summed E-state index contributed by atoms with van der Waals surface area (Å²) in [6.07, 6.45) is 2.74. The van der Waals surface area contributed by atoms with Gasteiger partial charge in [-0.3, -0.25) is 4.98 Å². The second kappa shape index (κ2) is 5.44. The van der Waals surface area contributed by atoms with Crippen molar-refractivity contribution in [3.05, 3.63) is 57.8 Å². The van der Waals surface area contributed by atoms with Gasteiger partial charge in [0.15, 0.2) is 0 Å². The zero-order valence-corrected chi connectivity index (χ0v) is 11.3. The highest BCUT2D eigenvalue weighted by Gasteiger charge is 2.05. The molecule has 0 unspecified atom stereocenters. The predicted molar refractivity (Wildman–Crippen MR) is 70.4 cm³/mol. The Balaban J connectivity index is 2.13. The molecule has 0 bridgehead atoms. The smallest absolute Gasteiger partial charge is 0.141 e. The third-order valence-corrected chi connectivity index (χ3v) is 3.12. The van der Waals surface area contributed by atoms with Crippen molar-refractivity contribution in [3.8, 4) is 0 Å². The number of rotatable bonds is 3. The predicted octanol–water partition coefficient (Wildman–Crippen LogP) is 4.04. The monoisotopic (exact) mass is 312 g/mol. The maximum absolute atomic E-state index is 13.2. The fraction of sp³-hybridized carbons (Fsp3) is 0.154. The highest BCUT2D eigenvalue weighted by atomic mass is 79.9. The number of halogens is 3. The highest BCUT2D eigenvalue weighted by molar-refractivity contribution is 9.10. The lowest BCUT2D eigenvalue weighted by Crippen LogP contribution is -2.02. The van der Waals surface area contributed by atoms with Crippen LogP contribution >= 0.6 is 15.9 Å². The minimum absolute atomic E-state index is 0.300. The van der Waals surface area contributed by atoms with Crippen molar-refractivity contribution in [3.63, 3.8) is 0 Å². The minimum atomic E-state index is -0.369. The van der Waals surface area contributed by atoms with Crippen molar-refractivity contribution in [2.24, 2.45) is 0 Å². The van der Waals surface area contributed by atoms with Gasteiger partial charge in [-0.25, -0.2) is 8.78 Å². The van der Waals surface area contributed by atoms with Crippen molar-refractivity contribution >= 4 is 21.6 Å². The molecule has 0 amide bonds. The molecule has 5 heteroatoms. The third-order valence-electron chi connectivity index (χ3n) is 2.51. The molecule has 0 aliphatic rings. The Morgan fingerprint density at radius 2 is 2.00 bits per heavy atom. The van der Waals surface area contributed by atoms with Gasteiger partial charge in [-0.15, -0.1) is 0 Å². The molecule has 0 saturated carbocycles. The maximum atomic E-state index is 13.2. The number of aromatic nitrogens is 1. The summed E-state index contributed by atoms with van der Waals surface area (Å²) in [5.74, 6) is -0.670. The molecule has 1 heterocycles. The largest absolute Gasteiger partial charge is 0.381 e. The van der Waals surface area contributed by atoms with E-state index in [9.17, 15) is 8.78 Å². The first kappa shape index (κ1) is 13.0. The number of benzene rings is 1. The fourth-order valence-electron chi connectivity index (χ4n) is 1.59. The van der Waals surface area contributed by atoms with Gasteiger partial charge in [0.05, 0.1) is 10.7 Å². The number of nitrogens with zero attached hydrogens (tertiary/aromatic N) is 1. The molecule has 0 aliphatic heterocycles. The molecular formula is C13H11BrF2N2. The zero-order valence-electron chi connectivity index (χ0n) is 9.67. The number of aryl methyl sites for hydroxylation is 1. The number of nitrogens with one attached hydrogen (secondary N) is 1. The Kier molecular flexibility index (Phi) is 3.91. The third kappa shape index (κ3) is 3.04. The molecule has 0 fully saturated rings. The number of hydrogen-bond acceptors (Lipinski definition) is 2. The fourth-order valence-corrected chi connectivity index (χ4v) is 1.93. The highest BCUT2D eigenvalue weighted by Crippen LogP contribution is 2.24. The molecule has 1 N–H and O–H groups in total. The standard InChI is InChI=1S/C13H11BrF2N2/c1-8-2-12(16)11(14)4-13(8)18-6-9-3-10(15)7-17-5-9/h2-5,7,18H,6H2,1H3. The van der Waals surface area contributed by atoms with Crippen LogP contribution in [0.25, 0.3) is 0 Å². The van der Waals surface area contributed by atoms with Crippen LogP contribution in [0.3, 0.4) is 0 Å². The van der Waals surface area contributed by atoms with Gasteiger partial charge >= 0.3 is 0 Å². The van der Waals surface area contributed by atoms with Crippen LogP contribution < -0.4 is 5.32 Å². The van der Waals surface area contributed by atoms with E-state index in [0.29, 0.717) is 11.0 Å². The van der Waals surface area contributed by atoms with Crippen LogP contribution in [0.5, 0.6) is 0 Å². The molecule has 1 aromatic carbocycles. The van der Waals surface area contributed by atoms with Crippen molar-refractivity contribution in [1.29, 1.82) is 0 Å². The molecule has 2 aromatic rings. The molecule has 1 aromatic heterocycles. The summed E-state index contributed by atoms with van der Waals surface area (Å²) >= 11 is 3.13. The van der Waals surface area contributed by atoms with Crippen molar-refractivity contribution in [2.75, 3.05) is 5.32 Å². The first-order chi connectivity index (χ1) is 8.56. The molecule has 2 rings (SSSR count). The van der Waals surface area contributed by atoms with E-state index in [2.05, 4.69) is 26.2 Å². The summed E-state index contributed by atoms with van der Waals surface area (Å²) in [5.41, 5.74) is 2.32. The van der Waals surface area contributed by atoms with Crippen LogP contribution in [0.4, 0.5) is 14.5 Å². The first-order valence-corrected chi connectivity index (χ1v) is 6.14. The van der Waals surface area contributed by atoms with E-state index in [1.807, 2.05) is 6.92 Å². The first-order valence-electron chi connectivity index (χ1n) is 5.35.